The third-order valence-corrected chi connectivity index (χ3v) is 4.02. The Morgan fingerprint density at radius 2 is 1.78 bits per heavy atom. The molecule has 0 fully saturated rings. The van der Waals surface area contributed by atoms with E-state index in [1.165, 1.54) is 5.56 Å². The molecule has 0 unspecified atom stereocenters. The van der Waals surface area contributed by atoms with Crippen molar-refractivity contribution < 1.29 is 4.79 Å². The van der Waals surface area contributed by atoms with Crippen LogP contribution in [0.15, 0.2) is 36.4 Å². The van der Waals surface area contributed by atoms with Crippen LogP contribution in [0.4, 0.5) is 11.4 Å². The van der Waals surface area contributed by atoms with E-state index in [1.807, 2.05) is 32.0 Å². The first-order chi connectivity index (χ1) is 10.9. The Bertz CT molecular complexity index is 705. The van der Waals surface area contributed by atoms with E-state index in [0.717, 1.165) is 28.1 Å². The highest BCUT2D eigenvalue weighted by molar-refractivity contribution is 5.94. The molecule has 0 bridgehead atoms. The molecule has 2 N–H and O–H groups in total. The summed E-state index contributed by atoms with van der Waals surface area (Å²) in [6.45, 7) is 10.7. The minimum Gasteiger partial charge on any atom is -0.376 e. The molecule has 0 saturated carbocycles. The van der Waals surface area contributed by atoms with E-state index in [9.17, 15) is 4.79 Å². The number of hydrogen-bond acceptors (Lipinski definition) is 2. The topological polar surface area (TPSA) is 41.1 Å². The highest BCUT2D eigenvalue weighted by atomic mass is 16.1. The molecule has 2 rings (SSSR count). The predicted octanol–water partition coefficient (Wildman–Crippen LogP) is 4.79. The molecule has 0 aliphatic heterocycles. The molecule has 0 atom stereocenters. The van der Waals surface area contributed by atoms with E-state index in [-0.39, 0.29) is 12.5 Å². The molecule has 0 heterocycles. The number of carbonyl (C=O) groups is 1. The summed E-state index contributed by atoms with van der Waals surface area (Å²) < 4.78 is 0. The van der Waals surface area contributed by atoms with Gasteiger partial charge in [0.15, 0.2) is 0 Å². The number of hydrogen-bond donors (Lipinski definition) is 2. The summed E-state index contributed by atoms with van der Waals surface area (Å²) in [7, 11) is 0. The van der Waals surface area contributed by atoms with Crippen molar-refractivity contribution in [2.45, 2.75) is 40.5 Å². The van der Waals surface area contributed by atoms with E-state index in [0.29, 0.717) is 5.92 Å². The number of amides is 1. The number of para-hydroxylation sites is 1. The highest BCUT2D eigenvalue weighted by Crippen LogP contribution is 2.27. The van der Waals surface area contributed by atoms with Crippen molar-refractivity contribution in [2.24, 2.45) is 0 Å². The highest BCUT2D eigenvalue weighted by Gasteiger charge is 2.11. The van der Waals surface area contributed by atoms with Gasteiger partial charge in [0.2, 0.25) is 5.91 Å². The van der Waals surface area contributed by atoms with Crippen molar-refractivity contribution >= 4 is 17.3 Å². The molecule has 3 heteroatoms. The van der Waals surface area contributed by atoms with Crippen LogP contribution in [0.1, 0.15) is 42.0 Å². The summed E-state index contributed by atoms with van der Waals surface area (Å²) in [5.74, 6) is 0.385. The Hall–Kier alpha value is -2.29. The molecule has 0 saturated heterocycles. The van der Waals surface area contributed by atoms with Gasteiger partial charge in [-0.25, -0.2) is 0 Å². The SMILES string of the molecule is Cc1ccc(C)c(NC(=O)CNc2c(C)cccc2C(C)C)c1. The maximum Gasteiger partial charge on any atom is 0.243 e. The van der Waals surface area contributed by atoms with Gasteiger partial charge in [-0.2, -0.15) is 0 Å². The van der Waals surface area contributed by atoms with Gasteiger partial charge in [-0.3, -0.25) is 4.79 Å². The second kappa shape index (κ2) is 7.32. The second-order valence-corrected chi connectivity index (χ2v) is 6.41. The summed E-state index contributed by atoms with van der Waals surface area (Å²) in [6, 6.07) is 12.3. The molecule has 0 aromatic heterocycles. The van der Waals surface area contributed by atoms with Crippen LogP contribution in [-0.4, -0.2) is 12.5 Å². The van der Waals surface area contributed by atoms with Gasteiger partial charge in [0.1, 0.15) is 0 Å². The van der Waals surface area contributed by atoms with Gasteiger partial charge in [-0.1, -0.05) is 44.2 Å². The Morgan fingerprint density at radius 3 is 2.48 bits per heavy atom. The third-order valence-electron chi connectivity index (χ3n) is 4.02. The van der Waals surface area contributed by atoms with Crippen molar-refractivity contribution in [1.82, 2.24) is 0 Å². The largest absolute Gasteiger partial charge is 0.376 e. The quantitative estimate of drug-likeness (QED) is 0.834. The second-order valence-electron chi connectivity index (χ2n) is 6.41. The first-order valence-corrected chi connectivity index (χ1v) is 8.09. The number of benzene rings is 2. The minimum absolute atomic E-state index is 0.0309. The van der Waals surface area contributed by atoms with Gasteiger partial charge in [0, 0.05) is 11.4 Å². The van der Waals surface area contributed by atoms with E-state index >= 15 is 0 Å². The van der Waals surface area contributed by atoms with Crippen LogP contribution < -0.4 is 10.6 Å². The first kappa shape index (κ1) is 17.1. The molecule has 2 aromatic rings. The Balaban J connectivity index is 2.07. The molecule has 2 aromatic carbocycles. The van der Waals surface area contributed by atoms with Crippen LogP contribution in [0.3, 0.4) is 0 Å². The average molecular weight is 310 g/mol. The fourth-order valence-electron chi connectivity index (χ4n) is 2.65. The van der Waals surface area contributed by atoms with Gasteiger partial charge in [-0.15, -0.1) is 0 Å². The van der Waals surface area contributed by atoms with Crippen molar-refractivity contribution in [3.8, 4) is 0 Å². The first-order valence-electron chi connectivity index (χ1n) is 8.09. The van der Waals surface area contributed by atoms with Crippen LogP contribution in [-0.2, 0) is 4.79 Å². The van der Waals surface area contributed by atoms with Crippen LogP contribution in [0.2, 0.25) is 0 Å². The van der Waals surface area contributed by atoms with Crippen LogP contribution in [0, 0.1) is 20.8 Å². The number of anilines is 2. The zero-order chi connectivity index (χ0) is 17.0. The number of carbonyl (C=O) groups excluding carboxylic acids is 1. The van der Waals surface area contributed by atoms with E-state index < -0.39 is 0 Å². The number of aryl methyl sites for hydroxylation is 3. The molecule has 0 aliphatic rings. The lowest BCUT2D eigenvalue weighted by atomic mass is 9.98. The minimum atomic E-state index is -0.0309. The Kier molecular flexibility index (Phi) is 5.43. The molecule has 23 heavy (non-hydrogen) atoms. The smallest absolute Gasteiger partial charge is 0.243 e. The molecule has 0 radical (unpaired) electrons. The Morgan fingerprint density at radius 1 is 1.04 bits per heavy atom. The van der Waals surface area contributed by atoms with Gasteiger partial charge < -0.3 is 10.6 Å². The van der Waals surface area contributed by atoms with E-state index in [2.05, 4.69) is 49.6 Å². The Labute approximate surface area is 139 Å². The van der Waals surface area contributed by atoms with Crippen molar-refractivity contribution in [3.63, 3.8) is 0 Å². The average Bonchev–Trinajstić information content (AvgIpc) is 2.49. The molecule has 0 aliphatic carbocycles. The molecule has 0 spiro atoms. The lowest BCUT2D eigenvalue weighted by Crippen LogP contribution is -2.23. The van der Waals surface area contributed by atoms with Gasteiger partial charge in [0.25, 0.3) is 0 Å². The van der Waals surface area contributed by atoms with Crippen LogP contribution >= 0.6 is 0 Å². The standard InChI is InChI=1S/C20H26N2O/c1-13(2)17-8-6-7-16(5)20(17)21-12-19(23)22-18-11-14(3)9-10-15(18)4/h6-11,13,21H,12H2,1-5H3,(H,22,23). The number of nitrogens with one attached hydrogen (secondary N) is 2. The normalized spacial score (nSPS) is 10.7. The predicted molar refractivity (Wildman–Crippen MR) is 98.3 cm³/mol. The summed E-state index contributed by atoms with van der Waals surface area (Å²) in [5, 5.41) is 6.29. The maximum absolute atomic E-state index is 12.3. The summed E-state index contributed by atoms with van der Waals surface area (Å²) in [4.78, 5) is 12.3. The molecule has 1 amide bonds. The molecule has 122 valence electrons. The van der Waals surface area contributed by atoms with Gasteiger partial charge in [-0.05, 0) is 55.0 Å². The fourth-order valence-corrected chi connectivity index (χ4v) is 2.65. The molecule has 3 nitrogen and oxygen atoms in total. The van der Waals surface area contributed by atoms with Crippen molar-refractivity contribution in [1.29, 1.82) is 0 Å². The third kappa shape index (κ3) is 4.35. The van der Waals surface area contributed by atoms with E-state index in [4.69, 9.17) is 0 Å². The van der Waals surface area contributed by atoms with E-state index in [1.54, 1.807) is 0 Å². The van der Waals surface area contributed by atoms with Crippen molar-refractivity contribution in [3.05, 3.63) is 58.7 Å². The number of rotatable bonds is 5. The molecular formula is C20H26N2O. The monoisotopic (exact) mass is 310 g/mol. The summed E-state index contributed by atoms with van der Waals surface area (Å²) >= 11 is 0. The summed E-state index contributed by atoms with van der Waals surface area (Å²) in [6.07, 6.45) is 0. The van der Waals surface area contributed by atoms with Crippen LogP contribution in [0.5, 0.6) is 0 Å². The van der Waals surface area contributed by atoms with Gasteiger partial charge >= 0.3 is 0 Å². The lowest BCUT2D eigenvalue weighted by molar-refractivity contribution is -0.114. The molecular weight excluding hydrogens is 284 g/mol. The summed E-state index contributed by atoms with van der Waals surface area (Å²) in [5.41, 5.74) is 6.56. The van der Waals surface area contributed by atoms with Crippen molar-refractivity contribution in [2.75, 3.05) is 17.2 Å². The zero-order valence-corrected chi connectivity index (χ0v) is 14.7. The lowest BCUT2D eigenvalue weighted by Gasteiger charge is -2.17. The fraction of sp³-hybridized carbons (Fsp3) is 0.350. The van der Waals surface area contributed by atoms with Gasteiger partial charge in [0.05, 0.1) is 6.54 Å². The maximum atomic E-state index is 12.3. The van der Waals surface area contributed by atoms with Crippen LogP contribution in [0.25, 0.3) is 0 Å². The zero-order valence-electron chi connectivity index (χ0n) is 14.7.